The van der Waals surface area contributed by atoms with E-state index in [1.54, 1.807) is 12.5 Å². The SMILES string of the molecule is NCCOCCCNc1nccc2occc12. The van der Waals surface area contributed by atoms with Gasteiger partial charge in [-0.15, -0.1) is 0 Å². The van der Waals surface area contributed by atoms with Crippen molar-refractivity contribution in [1.82, 2.24) is 4.98 Å². The second-order valence-corrected chi connectivity index (χ2v) is 3.67. The third kappa shape index (κ3) is 3.18. The maximum atomic E-state index is 5.32. The fourth-order valence-corrected chi connectivity index (χ4v) is 1.60. The van der Waals surface area contributed by atoms with Gasteiger partial charge < -0.3 is 20.2 Å². The topological polar surface area (TPSA) is 73.3 Å². The van der Waals surface area contributed by atoms with Gasteiger partial charge in [-0.1, -0.05) is 0 Å². The van der Waals surface area contributed by atoms with Crippen LogP contribution >= 0.6 is 0 Å². The number of furan rings is 1. The number of nitrogens with two attached hydrogens (primary N) is 1. The lowest BCUT2D eigenvalue weighted by atomic mass is 10.3. The van der Waals surface area contributed by atoms with Crippen LogP contribution in [0.15, 0.2) is 29.0 Å². The van der Waals surface area contributed by atoms with Crippen LogP contribution in [0.25, 0.3) is 11.0 Å². The van der Waals surface area contributed by atoms with Gasteiger partial charge in [0.2, 0.25) is 0 Å². The first-order valence-corrected chi connectivity index (χ1v) is 5.75. The van der Waals surface area contributed by atoms with Crippen LogP contribution in [0.3, 0.4) is 0 Å². The number of anilines is 1. The quantitative estimate of drug-likeness (QED) is 0.713. The van der Waals surface area contributed by atoms with Crippen molar-refractivity contribution in [3.05, 3.63) is 24.6 Å². The third-order valence-electron chi connectivity index (χ3n) is 2.40. The van der Waals surface area contributed by atoms with Crippen LogP contribution in [0.4, 0.5) is 5.82 Å². The Kier molecular flexibility index (Phi) is 4.35. The number of nitrogens with zero attached hydrogens (tertiary/aromatic N) is 1. The Bertz CT molecular complexity index is 456. The molecule has 2 aromatic rings. The van der Waals surface area contributed by atoms with Gasteiger partial charge in [0.15, 0.2) is 0 Å². The minimum Gasteiger partial charge on any atom is -0.464 e. The van der Waals surface area contributed by atoms with Gasteiger partial charge in [0.25, 0.3) is 0 Å². The molecule has 0 amide bonds. The lowest BCUT2D eigenvalue weighted by molar-refractivity contribution is 0.141. The van der Waals surface area contributed by atoms with E-state index in [0.717, 1.165) is 29.8 Å². The molecule has 5 nitrogen and oxygen atoms in total. The Morgan fingerprint density at radius 3 is 3.18 bits per heavy atom. The fourth-order valence-electron chi connectivity index (χ4n) is 1.60. The van der Waals surface area contributed by atoms with Gasteiger partial charge in [-0.05, 0) is 18.6 Å². The molecule has 0 aliphatic carbocycles. The zero-order valence-electron chi connectivity index (χ0n) is 9.69. The first kappa shape index (κ1) is 11.9. The van der Waals surface area contributed by atoms with Gasteiger partial charge in [-0.25, -0.2) is 4.98 Å². The summed E-state index contributed by atoms with van der Waals surface area (Å²) in [6.07, 6.45) is 4.33. The van der Waals surface area contributed by atoms with E-state index >= 15 is 0 Å². The van der Waals surface area contributed by atoms with E-state index in [1.165, 1.54) is 0 Å². The zero-order valence-corrected chi connectivity index (χ0v) is 9.69. The van der Waals surface area contributed by atoms with Crippen LogP contribution in [0, 0.1) is 0 Å². The fraction of sp³-hybridized carbons (Fsp3) is 0.417. The molecule has 2 rings (SSSR count). The summed E-state index contributed by atoms with van der Waals surface area (Å²) in [6.45, 7) is 2.73. The monoisotopic (exact) mass is 235 g/mol. The van der Waals surface area contributed by atoms with E-state index < -0.39 is 0 Å². The Balaban J connectivity index is 1.80. The lowest BCUT2D eigenvalue weighted by Gasteiger charge is -2.06. The number of hydrogen-bond donors (Lipinski definition) is 2. The average Bonchev–Trinajstić information content (AvgIpc) is 2.82. The van der Waals surface area contributed by atoms with Crippen LogP contribution in [-0.2, 0) is 4.74 Å². The molecule has 17 heavy (non-hydrogen) atoms. The first-order valence-electron chi connectivity index (χ1n) is 5.75. The second-order valence-electron chi connectivity index (χ2n) is 3.67. The Morgan fingerprint density at radius 1 is 1.35 bits per heavy atom. The smallest absolute Gasteiger partial charge is 0.139 e. The molecule has 5 heteroatoms. The van der Waals surface area contributed by atoms with Gasteiger partial charge >= 0.3 is 0 Å². The van der Waals surface area contributed by atoms with Crippen molar-refractivity contribution < 1.29 is 9.15 Å². The van der Waals surface area contributed by atoms with Gasteiger partial charge in [0.1, 0.15) is 11.4 Å². The summed E-state index contributed by atoms with van der Waals surface area (Å²) in [7, 11) is 0. The summed E-state index contributed by atoms with van der Waals surface area (Å²) in [5.74, 6) is 0.857. The normalized spacial score (nSPS) is 10.9. The van der Waals surface area contributed by atoms with E-state index in [4.69, 9.17) is 14.9 Å². The molecular formula is C12H17N3O2. The Morgan fingerprint density at radius 2 is 2.29 bits per heavy atom. The number of rotatable bonds is 7. The van der Waals surface area contributed by atoms with Crippen LogP contribution in [0.5, 0.6) is 0 Å². The molecule has 0 saturated carbocycles. The lowest BCUT2D eigenvalue weighted by Crippen LogP contribution is -2.11. The van der Waals surface area contributed by atoms with Crippen molar-refractivity contribution >= 4 is 16.8 Å². The van der Waals surface area contributed by atoms with Crippen LogP contribution in [0.2, 0.25) is 0 Å². The molecule has 0 aliphatic rings. The number of ether oxygens (including phenoxy) is 1. The second kappa shape index (κ2) is 6.22. The first-order chi connectivity index (χ1) is 8.42. The molecule has 0 unspecified atom stereocenters. The van der Waals surface area contributed by atoms with Gasteiger partial charge in [-0.2, -0.15) is 0 Å². The maximum absolute atomic E-state index is 5.32. The number of aromatic nitrogens is 1. The summed E-state index contributed by atoms with van der Waals surface area (Å²) >= 11 is 0. The van der Waals surface area contributed by atoms with Crippen LogP contribution in [0.1, 0.15) is 6.42 Å². The molecule has 2 aromatic heterocycles. The summed E-state index contributed by atoms with van der Waals surface area (Å²) in [5.41, 5.74) is 6.17. The third-order valence-corrected chi connectivity index (χ3v) is 2.40. The summed E-state index contributed by atoms with van der Waals surface area (Å²) in [6, 6.07) is 3.76. The largest absolute Gasteiger partial charge is 0.464 e. The molecule has 0 aromatic carbocycles. The molecular weight excluding hydrogens is 218 g/mol. The average molecular weight is 235 g/mol. The number of nitrogens with one attached hydrogen (secondary N) is 1. The molecule has 0 atom stereocenters. The molecule has 0 bridgehead atoms. The highest BCUT2D eigenvalue weighted by Crippen LogP contribution is 2.21. The molecule has 3 N–H and O–H groups in total. The van der Waals surface area contributed by atoms with E-state index in [0.29, 0.717) is 19.8 Å². The molecule has 0 radical (unpaired) electrons. The van der Waals surface area contributed by atoms with Crippen LogP contribution < -0.4 is 11.1 Å². The van der Waals surface area contributed by atoms with Gasteiger partial charge in [0, 0.05) is 25.9 Å². The predicted molar refractivity (Wildman–Crippen MR) is 67.0 cm³/mol. The van der Waals surface area contributed by atoms with E-state index in [-0.39, 0.29) is 0 Å². The van der Waals surface area contributed by atoms with E-state index in [9.17, 15) is 0 Å². The zero-order chi connectivity index (χ0) is 11.9. The molecule has 0 fully saturated rings. The summed E-state index contributed by atoms with van der Waals surface area (Å²) in [4.78, 5) is 4.28. The minimum absolute atomic E-state index is 0.573. The number of pyridine rings is 1. The standard InChI is InChI=1S/C12H17N3O2/c13-4-9-16-7-1-5-14-12-10-3-8-17-11(10)2-6-15-12/h2-3,6,8H,1,4-5,7,9,13H2,(H,14,15). The van der Waals surface area contributed by atoms with E-state index in [1.807, 2.05) is 12.1 Å². The van der Waals surface area contributed by atoms with E-state index in [2.05, 4.69) is 10.3 Å². The number of fused-ring (bicyclic) bond motifs is 1. The van der Waals surface area contributed by atoms with Crippen molar-refractivity contribution in [3.63, 3.8) is 0 Å². The predicted octanol–water partition coefficient (Wildman–Crippen LogP) is 1.61. The Hall–Kier alpha value is -1.59. The summed E-state index contributed by atoms with van der Waals surface area (Å²) < 4.78 is 10.6. The number of hydrogen-bond acceptors (Lipinski definition) is 5. The molecule has 0 saturated heterocycles. The minimum atomic E-state index is 0.573. The van der Waals surface area contributed by atoms with Crippen molar-refractivity contribution in [2.75, 3.05) is 31.6 Å². The Labute approximate surface area is 100.0 Å². The summed E-state index contributed by atoms with van der Waals surface area (Å²) in [5, 5.41) is 4.28. The molecule has 0 spiro atoms. The highest BCUT2D eigenvalue weighted by molar-refractivity contribution is 5.87. The van der Waals surface area contributed by atoms with Crippen molar-refractivity contribution in [3.8, 4) is 0 Å². The van der Waals surface area contributed by atoms with Crippen molar-refractivity contribution in [2.45, 2.75) is 6.42 Å². The highest BCUT2D eigenvalue weighted by Gasteiger charge is 2.03. The molecule has 0 aliphatic heterocycles. The van der Waals surface area contributed by atoms with Crippen molar-refractivity contribution in [2.24, 2.45) is 5.73 Å². The molecule has 2 heterocycles. The molecule has 92 valence electrons. The van der Waals surface area contributed by atoms with Gasteiger partial charge in [0.05, 0.1) is 18.3 Å². The highest BCUT2D eigenvalue weighted by atomic mass is 16.5. The maximum Gasteiger partial charge on any atom is 0.139 e. The van der Waals surface area contributed by atoms with Gasteiger partial charge in [-0.3, -0.25) is 0 Å². The van der Waals surface area contributed by atoms with Crippen molar-refractivity contribution in [1.29, 1.82) is 0 Å². The van der Waals surface area contributed by atoms with Crippen LogP contribution in [-0.4, -0.2) is 31.3 Å².